The lowest BCUT2D eigenvalue weighted by Crippen LogP contribution is -2.47. The third kappa shape index (κ3) is 4.37. The molecule has 2 aliphatic heterocycles. The molecular weight excluding hydrogens is 384 g/mol. The van der Waals surface area contributed by atoms with Gasteiger partial charge in [0, 0.05) is 45.3 Å². The first-order valence-electron chi connectivity index (χ1n) is 10.1. The van der Waals surface area contributed by atoms with Crippen molar-refractivity contribution in [3.8, 4) is 6.07 Å². The molecule has 0 atom stereocenters. The van der Waals surface area contributed by atoms with Crippen LogP contribution in [-0.2, 0) is 0 Å². The van der Waals surface area contributed by atoms with E-state index in [0.29, 0.717) is 10.7 Å². The van der Waals surface area contributed by atoms with Gasteiger partial charge in [0.25, 0.3) is 0 Å². The van der Waals surface area contributed by atoms with Gasteiger partial charge < -0.3 is 14.7 Å². The van der Waals surface area contributed by atoms with Crippen molar-refractivity contribution in [2.45, 2.75) is 31.3 Å². The lowest BCUT2D eigenvalue weighted by Gasteiger charge is -2.37. The van der Waals surface area contributed by atoms with E-state index in [-0.39, 0.29) is 0 Å². The number of hydrogen-bond acceptors (Lipinski definition) is 9. The third-order valence-electron chi connectivity index (χ3n) is 5.44. The molecule has 152 valence electrons. The number of aromatic nitrogens is 4. The molecule has 9 heteroatoms. The second-order valence-electron chi connectivity index (χ2n) is 7.36. The van der Waals surface area contributed by atoms with Crippen molar-refractivity contribution in [1.82, 2.24) is 19.9 Å². The van der Waals surface area contributed by atoms with Crippen molar-refractivity contribution in [2.75, 3.05) is 60.2 Å². The van der Waals surface area contributed by atoms with Gasteiger partial charge in [-0.3, -0.25) is 0 Å². The van der Waals surface area contributed by atoms with Gasteiger partial charge in [-0.25, -0.2) is 19.9 Å². The predicted molar refractivity (Wildman–Crippen MR) is 116 cm³/mol. The molecule has 2 aromatic heterocycles. The molecule has 4 heterocycles. The zero-order valence-corrected chi connectivity index (χ0v) is 17.8. The zero-order valence-electron chi connectivity index (χ0n) is 17.0. The van der Waals surface area contributed by atoms with Crippen LogP contribution in [0.1, 0.15) is 30.7 Å². The van der Waals surface area contributed by atoms with Crippen molar-refractivity contribution in [3.05, 3.63) is 23.7 Å². The Balaban J connectivity index is 1.49. The van der Waals surface area contributed by atoms with E-state index in [1.807, 2.05) is 13.2 Å². The average molecular weight is 411 g/mol. The minimum Gasteiger partial charge on any atom is -0.356 e. The molecule has 0 N–H and O–H groups in total. The van der Waals surface area contributed by atoms with Gasteiger partial charge >= 0.3 is 0 Å². The van der Waals surface area contributed by atoms with Crippen LogP contribution < -0.4 is 14.7 Å². The summed E-state index contributed by atoms with van der Waals surface area (Å²) in [4.78, 5) is 25.0. The Morgan fingerprint density at radius 2 is 1.52 bits per heavy atom. The van der Waals surface area contributed by atoms with E-state index >= 15 is 0 Å². The van der Waals surface area contributed by atoms with E-state index in [1.54, 1.807) is 6.20 Å². The summed E-state index contributed by atoms with van der Waals surface area (Å²) in [5.74, 6) is 3.59. The van der Waals surface area contributed by atoms with Crippen LogP contribution in [0.2, 0.25) is 0 Å². The minimum absolute atomic E-state index is 0.529. The molecule has 29 heavy (non-hydrogen) atoms. The Morgan fingerprint density at radius 3 is 2.14 bits per heavy atom. The van der Waals surface area contributed by atoms with Crippen molar-refractivity contribution >= 4 is 29.2 Å². The maximum absolute atomic E-state index is 9.43. The van der Waals surface area contributed by atoms with E-state index < -0.39 is 0 Å². The van der Waals surface area contributed by atoms with E-state index in [1.165, 1.54) is 31.0 Å². The fraction of sp³-hybridized carbons (Fsp3) is 0.550. The summed E-state index contributed by atoms with van der Waals surface area (Å²) >= 11 is 1.49. The number of thioether (sulfide) groups is 1. The average Bonchev–Trinajstić information content (AvgIpc) is 2.79. The van der Waals surface area contributed by atoms with E-state index in [0.717, 1.165) is 62.5 Å². The highest BCUT2D eigenvalue weighted by Gasteiger charge is 2.23. The second kappa shape index (κ2) is 8.82. The number of nitriles is 1. The molecule has 2 aliphatic rings. The molecule has 0 aromatic carbocycles. The van der Waals surface area contributed by atoms with Crippen LogP contribution in [0.25, 0.3) is 0 Å². The molecular formula is C20H26N8S. The normalized spacial score (nSPS) is 17.3. The van der Waals surface area contributed by atoms with Crippen molar-refractivity contribution in [3.63, 3.8) is 0 Å². The molecule has 4 rings (SSSR count). The molecule has 0 unspecified atom stereocenters. The predicted octanol–water partition coefficient (Wildman–Crippen LogP) is 2.49. The van der Waals surface area contributed by atoms with Gasteiger partial charge in [-0.05, 0) is 32.4 Å². The first-order valence-corrected chi connectivity index (χ1v) is 11.3. The van der Waals surface area contributed by atoms with Crippen molar-refractivity contribution in [1.29, 1.82) is 5.26 Å². The maximum atomic E-state index is 9.43. The summed E-state index contributed by atoms with van der Waals surface area (Å²) in [6, 6.07) is 4.35. The lowest BCUT2D eigenvalue weighted by atomic mass is 10.1. The molecule has 0 saturated carbocycles. The van der Waals surface area contributed by atoms with Gasteiger partial charge in [0.05, 0.1) is 6.20 Å². The minimum atomic E-state index is 0.529. The number of hydrogen-bond donors (Lipinski definition) is 0. The maximum Gasteiger partial charge on any atom is 0.189 e. The topological polar surface area (TPSA) is 85.1 Å². The first kappa shape index (κ1) is 19.7. The number of nitrogens with zero attached hydrogens (tertiary/aromatic N) is 8. The standard InChI is InChI=1S/C20H26N8S/c1-15-23-17(26-6-4-3-5-7-26)12-18(24-15)27-8-10-28(11-9-27)19-16(13-21)14-22-20(25-19)29-2/h12,14H,3-11H2,1-2H3. The quantitative estimate of drug-likeness (QED) is 0.557. The Bertz CT molecular complexity index is 898. The largest absolute Gasteiger partial charge is 0.356 e. The fourth-order valence-electron chi connectivity index (χ4n) is 3.91. The monoisotopic (exact) mass is 410 g/mol. The SMILES string of the molecule is CSc1ncc(C#N)c(N2CCN(c3cc(N4CCCCC4)nc(C)n3)CC2)n1. The van der Waals surface area contributed by atoms with Gasteiger partial charge in [-0.2, -0.15) is 5.26 Å². The smallest absolute Gasteiger partial charge is 0.189 e. The van der Waals surface area contributed by atoms with E-state index in [4.69, 9.17) is 4.98 Å². The molecule has 2 saturated heterocycles. The van der Waals surface area contributed by atoms with Crippen molar-refractivity contribution < 1.29 is 0 Å². The van der Waals surface area contributed by atoms with Gasteiger partial charge in [0.2, 0.25) is 0 Å². The van der Waals surface area contributed by atoms with E-state index in [9.17, 15) is 5.26 Å². The molecule has 2 aromatic rings. The Morgan fingerprint density at radius 1 is 0.897 bits per heavy atom. The Kier molecular flexibility index (Phi) is 6.00. The van der Waals surface area contributed by atoms with Crippen LogP contribution >= 0.6 is 11.8 Å². The zero-order chi connectivity index (χ0) is 20.2. The van der Waals surface area contributed by atoms with Gasteiger partial charge in [0.1, 0.15) is 29.1 Å². The van der Waals surface area contributed by atoms with Crippen LogP contribution in [0.15, 0.2) is 17.4 Å². The molecule has 2 fully saturated rings. The summed E-state index contributed by atoms with van der Waals surface area (Å²) in [5, 5.41) is 10.1. The molecule has 8 nitrogen and oxygen atoms in total. The molecule has 0 spiro atoms. The second-order valence-corrected chi connectivity index (χ2v) is 8.13. The molecule has 0 aliphatic carbocycles. The Hall–Kier alpha value is -2.60. The first-order chi connectivity index (χ1) is 14.2. The number of piperazine rings is 1. The number of aryl methyl sites for hydroxylation is 1. The van der Waals surface area contributed by atoms with Gasteiger partial charge in [0.15, 0.2) is 11.0 Å². The third-order valence-corrected chi connectivity index (χ3v) is 6.01. The van der Waals surface area contributed by atoms with Crippen LogP contribution in [-0.4, -0.2) is 65.5 Å². The van der Waals surface area contributed by atoms with Gasteiger partial charge in [-0.1, -0.05) is 11.8 Å². The number of piperidine rings is 1. The highest BCUT2D eigenvalue weighted by Crippen LogP contribution is 2.25. The number of anilines is 3. The van der Waals surface area contributed by atoms with Gasteiger partial charge in [-0.15, -0.1) is 0 Å². The molecule has 0 amide bonds. The summed E-state index contributed by atoms with van der Waals surface area (Å²) in [7, 11) is 0. The van der Waals surface area contributed by atoms with Crippen molar-refractivity contribution in [2.24, 2.45) is 0 Å². The molecule has 0 radical (unpaired) electrons. The summed E-state index contributed by atoms with van der Waals surface area (Å²) in [6.07, 6.45) is 7.34. The van der Waals surface area contributed by atoms with Crippen LogP contribution in [0.5, 0.6) is 0 Å². The lowest BCUT2D eigenvalue weighted by molar-refractivity contribution is 0.571. The number of rotatable bonds is 4. The summed E-state index contributed by atoms with van der Waals surface area (Å²) in [6.45, 7) is 7.37. The fourth-order valence-corrected chi connectivity index (χ4v) is 4.24. The van der Waals surface area contributed by atoms with Crippen LogP contribution in [0.3, 0.4) is 0 Å². The summed E-state index contributed by atoms with van der Waals surface area (Å²) in [5.41, 5.74) is 0.529. The highest BCUT2D eigenvalue weighted by atomic mass is 32.2. The van der Waals surface area contributed by atoms with E-state index in [2.05, 4.69) is 41.8 Å². The van der Waals surface area contributed by atoms with Crippen LogP contribution in [0, 0.1) is 18.3 Å². The Labute approximate surface area is 176 Å². The summed E-state index contributed by atoms with van der Waals surface area (Å²) < 4.78 is 0. The van der Waals surface area contributed by atoms with Crippen LogP contribution in [0.4, 0.5) is 17.5 Å². The highest BCUT2D eigenvalue weighted by molar-refractivity contribution is 7.98. The molecule has 0 bridgehead atoms.